The van der Waals surface area contributed by atoms with Gasteiger partial charge in [-0.3, -0.25) is 0 Å². The van der Waals surface area contributed by atoms with Crippen LogP contribution in [0.4, 0.5) is 0 Å². The molecule has 1 heterocycles. The molecule has 1 saturated heterocycles. The SMILES string of the molecule is OCC1CCCCO1.OCCCCCCO.[CH3-].[HH].[Ir].[Ru+]. The van der Waals surface area contributed by atoms with Crippen LogP contribution >= 0.6 is 0 Å². The van der Waals surface area contributed by atoms with Gasteiger partial charge < -0.3 is 27.5 Å². The van der Waals surface area contributed by atoms with Gasteiger partial charge in [0.15, 0.2) is 0 Å². The van der Waals surface area contributed by atoms with Crippen LogP contribution in [-0.4, -0.2) is 47.9 Å². The molecule has 0 aromatic heterocycles. The molecular formula is C13H31IrO4Ru. The Morgan fingerprint density at radius 3 is 1.74 bits per heavy atom. The first-order chi connectivity index (χ1) is 7.85. The largest absolute Gasteiger partial charge is 1.00 e. The summed E-state index contributed by atoms with van der Waals surface area (Å²) in [6, 6.07) is 0. The van der Waals surface area contributed by atoms with Crippen molar-refractivity contribution in [1.82, 2.24) is 0 Å². The van der Waals surface area contributed by atoms with Gasteiger partial charge in [-0.25, -0.2) is 0 Å². The van der Waals surface area contributed by atoms with Crippen LogP contribution in [0.1, 0.15) is 46.4 Å². The zero-order valence-corrected chi connectivity index (χ0v) is 15.9. The third-order valence-corrected chi connectivity index (χ3v) is 2.54. The Bertz CT molecular complexity index is 136. The maximum Gasteiger partial charge on any atom is 1.00 e. The van der Waals surface area contributed by atoms with Crippen LogP contribution in [0, 0.1) is 7.43 Å². The predicted octanol–water partition coefficient (Wildman–Crippen LogP) is 1.77. The van der Waals surface area contributed by atoms with E-state index in [4.69, 9.17) is 20.1 Å². The van der Waals surface area contributed by atoms with Crippen molar-refractivity contribution < 1.29 is 61.1 Å². The van der Waals surface area contributed by atoms with E-state index in [1.54, 1.807) is 0 Å². The number of aliphatic hydroxyl groups is 3. The summed E-state index contributed by atoms with van der Waals surface area (Å²) >= 11 is 0. The van der Waals surface area contributed by atoms with Gasteiger partial charge in [-0.15, -0.1) is 0 Å². The van der Waals surface area contributed by atoms with E-state index in [1.807, 2.05) is 0 Å². The third kappa shape index (κ3) is 21.6. The fraction of sp³-hybridized carbons (Fsp3) is 0.923. The Morgan fingerprint density at radius 1 is 0.947 bits per heavy atom. The summed E-state index contributed by atoms with van der Waals surface area (Å²) in [7, 11) is 0. The summed E-state index contributed by atoms with van der Waals surface area (Å²) in [5.74, 6) is 0. The van der Waals surface area contributed by atoms with Gasteiger partial charge in [0.1, 0.15) is 0 Å². The Morgan fingerprint density at radius 2 is 1.47 bits per heavy atom. The van der Waals surface area contributed by atoms with Crippen LogP contribution in [0.5, 0.6) is 0 Å². The average Bonchev–Trinajstić information content (AvgIpc) is 2.36. The van der Waals surface area contributed by atoms with Crippen molar-refractivity contribution in [2.75, 3.05) is 26.4 Å². The van der Waals surface area contributed by atoms with Crippen LogP contribution in [0.2, 0.25) is 0 Å². The quantitative estimate of drug-likeness (QED) is 0.271. The van der Waals surface area contributed by atoms with E-state index < -0.39 is 0 Å². The van der Waals surface area contributed by atoms with Gasteiger partial charge in [-0.1, -0.05) is 12.8 Å². The number of hydrogen-bond donors (Lipinski definition) is 3. The summed E-state index contributed by atoms with van der Waals surface area (Å²) < 4.78 is 5.18. The fourth-order valence-electron chi connectivity index (χ4n) is 1.53. The molecule has 1 unspecified atom stereocenters. The van der Waals surface area contributed by atoms with Crippen LogP contribution in [0.3, 0.4) is 0 Å². The summed E-state index contributed by atoms with van der Waals surface area (Å²) in [5.41, 5.74) is 0. The van der Waals surface area contributed by atoms with Crippen LogP contribution in [0.15, 0.2) is 0 Å². The minimum Gasteiger partial charge on any atom is -0.396 e. The van der Waals surface area contributed by atoms with Gasteiger partial charge >= 0.3 is 19.5 Å². The summed E-state index contributed by atoms with van der Waals surface area (Å²) in [4.78, 5) is 0. The van der Waals surface area contributed by atoms with E-state index in [2.05, 4.69) is 0 Å². The second-order valence-corrected chi connectivity index (χ2v) is 4.03. The molecule has 0 aromatic rings. The molecule has 2 radical (unpaired) electrons. The Kier molecular flexibility index (Phi) is 36.0. The molecule has 1 aliphatic rings. The number of aliphatic hydroxyl groups excluding tert-OH is 3. The van der Waals surface area contributed by atoms with Gasteiger partial charge in [0.25, 0.3) is 0 Å². The maximum atomic E-state index is 8.57. The summed E-state index contributed by atoms with van der Waals surface area (Å²) in [5, 5.41) is 25.2. The number of ether oxygens (including phenoxy) is 1. The Balaban J connectivity index is -0.0000000625. The number of rotatable bonds is 6. The molecule has 0 amide bonds. The van der Waals surface area contributed by atoms with Crippen molar-refractivity contribution in [3.63, 3.8) is 0 Å². The van der Waals surface area contributed by atoms with Crippen LogP contribution in [-0.2, 0) is 44.3 Å². The first kappa shape index (κ1) is 28.3. The molecular weight excluding hydrogens is 513 g/mol. The number of unbranched alkanes of at least 4 members (excludes halogenated alkanes) is 3. The molecule has 1 atom stereocenters. The van der Waals surface area contributed by atoms with E-state index in [1.165, 1.54) is 6.42 Å². The van der Waals surface area contributed by atoms with Crippen molar-refractivity contribution >= 4 is 0 Å². The standard InChI is InChI=1S/C6H12O2.C6H14O2.CH3.Ir.Ru.H2/c7-5-6-3-1-2-4-8-6;7-5-3-1-2-4-6-8;;;;/h6-7H,1-5H2;7-8H,1-6H2;1H3;;;1H/q;;-1;;+1;. The zero-order chi connectivity index (χ0) is 12.1. The summed E-state index contributed by atoms with van der Waals surface area (Å²) in [6.07, 6.45) is 7.38. The van der Waals surface area contributed by atoms with Crippen LogP contribution < -0.4 is 0 Å². The van der Waals surface area contributed by atoms with E-state index in [-0.39, 0.29) is 74.4 Å². The average molecular weight is 545 g/mol. The fourth-order valence-corrected chi connectivity index (χ4v) is 1.53. The van der Waals surface area contributed by atoms with E-state index in [9.17, 15) is 0 Å². The van der Waals surface area contributed by atoms with Crippen molar-refractivity contribution in [1.29, 1.82) is 0 Å². The molecule has 19 heavy (non-hydrogen) atoms. The van der Waals surface area contributed by atoms with Crippen molar-refractivity contribution in [2.45, 2.75) is 51.0 Å². The minimum absolute atomic E-state index is 0. The molecule has 3 N–H and O–H groups in total. The monoisotopic (exact) mass is 546 g/mol. The molecule has 1 rings (SSSR count). The molecule has 0 aromatic carbocycles. The van der Waals surface area contributed by atoms with Gasteiger partial charge in [0.2, 0.25) is 0 Å². The third-order valence-electron chi connectivity index (χ3n) is 2.54. The van der Waals surface area contributed by atoms with Gasteiger partial charge in [-0.05, 0) is 32.1 Å². The van der Waals surface area contributed by atoms with Crippen molar-refractivity contribution in [3.8, 4) is 0 Å². The first-order valence-electron chi connectivity index (χ1n) is 6.29. The van der Waals surface area contributed by atoms with E-state index >= 15 is 0 Å². The molecule has 6 heteroatoms. The van der Waals surface area contributed by atoms with Gasteiger partial charge in [0, 0.05) is 41.4 Å². The summed E-state index contributed by atoms with van der Waals surface area (Å²) in [6.45, 7) is 1.60. The smallest absolute Gasteiger partial charge is 0.396 e. The normalized spacial score (nSPS) is 16.9. The number of hydrogen-bond acceptors (Lipinski definition) is 4. The molecule has 1 fully saturated rings. The molecule has 1 aliphatic heterocycles. The Hall–Kier alpha value is 1.11. The molecule has 0 aliphatic carbocycles. The van der Waals surface area contributed by atoms with Crippen molar-refractivity contribution in [3.05, 3.63) is 7.43 Å². The first-order valence-corrected chi connectivity index (χ1v) is 6.29. The second kappa shape index (κ2) is 24.2. The molecule has 0 spiro atoms. The second-order valence-electron chi connectivity index (χ2n) is 4.03. The predicted molar refractivity (Wildman–Crippen MR) is 71.8 cm³/mol. The Labute approximate surface area is 145 Å². The van der Waals surface area contributed by atoms with Crippen molar-refractivity contribution in [2.24, 2.45) is 0 Å². The maximum absolute atomic E-state index is 8.57. The molecule has 124 valence electrons. The van der Waals surface area contributed by atoms with Gasteiger partial charge in [0.05, 0.1) is 12.7 Å². The topological polar surface area (TPSA) is 69.9 Å². The molecule has 0 saturated carbocycles. The molecule has 0 bridgehead atoms. The zero-order valence-electron chi connectivity index (χ0n) is 11.8. The van der Waals surface area contributed by atoms with E-state index in [0.29, 0.717) is 0 Å². The molecule has 4 nitrogen and oxygen atoms in total. The van der Waals surface area contributed by atoms with E-state index in [0.717, 1.165) is 45.1 Å². The van der Waals surface area contributed by atoms with Crippen LogP contribution in [0.25, 0.3) is 0 Å². The van der Waals surface area contributed by atoms with Gasteiger partial charge in [-0.2, -0.15) is 0 Å². The minimum atomic E-state index is 0.